The Bertz CT molecular complexity index is 731. The first kappa shape index (κ1) is 45.4. The summed E-state index contributed by atoms with van der Waals surface area (Å²) in [5.41, 5.74) is 0. The molecule has 6 heteroatoms. The molecule has 278 valence electrons. The Kier molecular flexibility index (Phi) is 31.8. The molecule has 0 radical (unpaired) electrons. The lowest BCUT2D eigenvalue weighted by atomic mass is 10.0. The number of ether oxygens (including phenoxy) is 3. The maximum absolute atomic E-state index is 12.6. The molecule has 6 nitrogen and oxygen atoms in total. The van der Waals surface area contributed by atoms with E-state index in [1.807, 2.05) is 0 Å². The van der Waals surface area contributed by atoms with Crippen molar-refractivity contribution in [3.8, 4) is 0 Å². The van der Waals surface area contributed by atoms with Gasteiger partial charge in [0.25, 0.3) is 0 Å². The summed E-state index contributed by atoms with van der Waals surface area (Å²) in [4.78, 5) is 37.4. The zero-order chi connectivity index (χ0) is 35.0. The number of rotatable bonds is 34. The van der Waals surface area contributed by atoms with Gasteiger partial charge < -0.3 is 14.2 Å². The van der Waals surface area contributed by atoms with Gasteiger partial charge in [-0.1, -0.05) is 170 Å². The first-order valence-electron chi connectivity index (χ1n) is 20.1. The molecule has 0 aliphatic rings. The highest BCUT2D eigenvalue weighted by atomic mass is 16.6. The highest BCUT2D eigenvalue weighted by Gasteiger charge is 2.19. The van der Waals surface area contributed by atoms with Crippen molar-refractivity contribution in [3.63, 3.8) is 0 Å². The van der Waals surface area contributed by atoms with Crippen molar-refractivity contribution >= 4 is 17.9 Å². The van der Waals surface area contributed by atoms with E-state index in [9.17, 15) is 14.4 Å². The summed E-state index contributed by atoms with van der Waals surface area (Å²) in [5.74, 6) is 1.44. The minimum Gasteiger partial charge on any atom is -0.462 e. The second-order valence-electron chi connectivity index (χ2n) is 15.3. The van der Waals surface area contributed by atoms with Crippen molar-refractivity contribution in [2.24, 2.45) is 17.8 Å². The lowest BCUT2D eigenvalue weighted by Crippen LogP contribution is -2.30. The molecule has 0 heterocycles. The zero-order valence-electron chi connectivity index (χ0n) is 32.1. The van der Waals surface area contributed by atoms with Crippen molar-refractivity contribution in [3.05, 3.63) is 0 Å². The first-order chi connectivity index (χ1) is 22.6. The molecule has 0 amide bonds. The van der Waals surface area contributed by atoms with E-state index in [2.05, 4.69) is 41.5 Å². The van der Waals surface area contributed by atoms with Crippen LogP contribution in [-0.2, 0) is 28.6 Å². The van der Waals surface area contributed by atoms with Gasteiger partial charge in [0.2, 0.25) is 0 Å². The van der Waals surface area contributed by atoms with E-state index >= 15 is 0 Å². The van der Waals surface area contributed by atoms with E-state index in [1.54, 1.807) is 0 Å². The topological polar surface area (TPSA) is 78.9 Å². The van der Waals surface area contributed by atoms with Crippen LogP contribution in [-0.4, -0.2) is 37.2 Å². The average Bonchev–Trinajstić information content (AvgIpc) is 3.01. The molecule has 0 N–H and O–H groups in total. The second-order valence-corrected chi connectivity index (χ2v) is 15.3. The Morgan fingerprint density at radius 1 is 0.362 bits per heavy atom. The number of carbonyl (C=O) groups excluding carboxylic acids is 3. The summed E-state index contributed by atoms with van der Waals surface area (Å²) in [5, 5.41) is 0. The molecule has 0 unspecified atom stereocenters. The van der Waals surface area contributed by atoms with Crippen LogP contribution in [0.3, 0.4) is 0 Å². The van der Waals surface area contributed by atoms with E-state index < -0.39 is 6.10 Å². The third-order valence-electron chi connectivity index (χ3n) is 8.90. The molecule has 0 aromatic carbocycles. The summed E-state index contributed by atoms with van der Waals surface area (Å²) in [6.07, 6.45) is 26.9. The highest BCUT2D eigenvalue weighted by Crippen LogP contribution is 2.16. The van der Waals surface area contributed by atoms with E-state index in [-0.39, 0.29) is 31.1 Å². The number of carbonyl (C=O) groups is 3. The molecule has 1 atom stereocenters. The van der Waals surface area contributed by atoms with Crippen LogP contribution in [0.4, 0.5) is 0 Å². The van der Waals surface area contributed by atoms with Crippen molar-refractivity contribution in [2.75, 3.05) is 13.2 Å². The van der Waals surface area contributed by atoms with E-state index in [0.717, 1.165) is 75.5 Å². The molecular weight excluding hydrogens is 588 g/mol. The van der Waals surface area contributed by atoms with Crippen LogP contribution >= 0.6 is 0 Å². The van der Waals surface area contributed by atoms with Crippen molar-refractivity contribution in [1.82, 2.24) is 0 Å². The lowest BCUT2D eigenvalue weighted by Gasteiger charge is -2.18. The second kappa shape index (κ2) is 32.9. The van der Waals surface area contributed by atoms with Gasteiger partial charge >= 0.3 is 17.9 Å². The molecule has 0 aliphatic heterocycles. The fraction of sp³-hybridized carbons (Fsp3) is 0.927. The minimum atomic E-state index is -0.761. The van der Waals surface area contributed by atoms with Crippen LogP contribution in [0, 0.1) is 17.8 Å². The van der Waals surface area contributed by atoms with Gasteiger partial charge in [0.15, 0.2) is 6.10 Å². The van der Waals surface area contributed by atoms with Crippen LogP contribution in [0.25, 0.3) is 0 Å². The third kappa shape index (κ3) is 35.5. The van der Waals surface area contributed by atoms with E-state index in [4.69, 9.17) is 14.2 Å². The van der Waals surface area contributed by atoms with E-state index in [0.29, 0.717) is 19.3 Å². The van der Waals surface area contributed by atoms with Crippen molar-refractivity contribution in [1.29, 1.82) is 0 Å². The standard InChI is InChI=1S/C41H78O6/c1-35(2)27-21-15-9-7-11-18-24-30-39(42)45-33-38(34-46-40(43)31-25-19-14-13-17-23-29-37(5)6)47-41(44)32-26-20-12-8-10-16-22-28-36(3)4/h35-38H,7-34H2,1-6H3/t38-/m0/s1. The Balaban J connectivity index is 4.38. The fourth-order valence-corrected chi connectivity index (χ4v) is 5.82. The predicted octanol–water partition coefficient (Wildman–Crippen LogP) is 12.1. The van der Waals surface area contributed by atoms with Gasteiger partial charge in [-0.15, -0.1) is 0 Å². The largest absolute Gasteiger partial charge is 0.462 e. The maximum atomic E-state index is 12.6. The molecule has 0 saturated carbocycles. The molecule has 0 aromatic heterocycles. The molecule has 0 aliphatic carbocycles. The summed E-state index contributed by atoms with van der Waals surface area (Å²) >= 11 is 0. The van der Waals surface area contributed by atoms with E-state index in [1.165, 1.54) is 89.9 Å². The molecule has 0 aromatic rings. The van der Waals surface area contributed by atoms with Crippen LogP contribution in [0.5, 0.6) is 0 Å². The van der Waals surface area contributed by atoms with Gasteiger partial charge in [-0.3, -0.25) is 14.4 Å². The molecule has 47 heavy (non-hydrogen) atoms. The molecule has 0 saturated heterocycles. The summed E-state index contributed by atoms with van der Waals surface area (Å²) < 4.78 is 16.6. The van der Waals surface area contributed by atoms with Crippen LogP contribution in [0.2, 0.25) is 0 Å². The van der Waals surface area contributed by atoms with Crippen LogP contribution in [0.1, 0.15) is 208 Å². The van der Waals surface area contributed by atoms with Crippen LogP contribution < -0.4 is 0 Å². The van der Waals surface area contributed by atoms with Gasteiger partial charge in [0.05, 0.1) is 0 Å². The van der Waals surface area contributed by atoms with Gasteiger partial charge in [-0.2, -0.15) is 0 Å². The van der Waals surface area contributed by atoms with Gasteiger partial charge in [0.1, 0.15) is 13.2 Å². The molecule has 0 bridgehead atoms. The number of hydrogen-bond acceptors (Lipinski definition) is 6. The van der Waals surface area contributed by atoms with Crippen molar-refractivity contribution in [2.45, 2.75) is 215 Å². The van der Waals surface area contributed by atoms with Gasteiger partial charge in [-0.05, 0) is 37.0 Å². The summed E-state index contributed by atoms with van der Waals surface area (Å²) in [6.45, 7) is 13.5. The van der Waals surface area contributed by atoms with Crippen LogP contribution in [0.15, 0.2) is 0 Å². The number of esters is 3. The van der Waals surface area contributed by atoms with Gasteiger partial charge in [-0.25, -0.2) is 0 Å². The first-order valence-corrected chi connectivity index (χ1v) is 20.1. The highest BCUT2D eigenvalue weighted by molar-refractivity contribution is 5.71. The quantitative estimate of drug-likeness (QED) is 0.0386. The number of hydrogen-bond donors (Lipinski definition) is 0. The number of unbranched alkanes of at least 4 members (excludes halogenated alkanes) is 17. The Labute approximate surface area is 291 Å². The lowest BCUT2D eigenvalue weighted by molar-refractivity contribution is -0.167. The van der Waals surface area contributed by atoms with Crippen molar-refractivity contribution < 1.29 is 28.6 Å². The smallest absolute Gasteiger partial charge is 0.306 e. The molecule has 0 rings (SSSR count). The maximum Gasteiger partial charge on any atom is 0.306 e. The molecule has 0 spiro atoms. The Morgan fingerprint density at radius 2 is 0.617 bits per heavy atom. The zero-order valence-corrected chi connectivity index (χ0v) is 32.1. The Morgan fingerprint density at radius 3 is 0.915 bits per heavy atom. The fourth-order valence-electron chi connectivity index (χ4n) is 5.82. The minimum absolute atomic E-state index is 0.0690. The third-order valence-corrected chi connectivity index (χ3v) is 8.90. The summed E-state index contributed by atoms with van der Waals surface area (Å²) in [6, 6.07) is 0. The summed E-state index contributed by atoms with van der Waals surface area (Å²) in [7, 11) is 0. The SMILES string of the molecule is CC(C)CCCCCCCCCC(=O)OC[C@@H](COC(=O)CCCCCCCCC(C)C)OC(=O)CCCCCCCCCC(C)C. The average molecular weight is 667 g/mol. The molecular formula is C41H78O6. The molecule has 0 fully saturated rings. The van der Waals surface area contributed by atoms with Gasteiger partial charge in [0, 0.05) is 19.3 Å². The Hall–Kier alpha value is -1.59. The monoisotopic (exact) mass is 667 g/mol. The normalized spacial score (nSPS) is 12.2. The predicted molar refractivity (Wildman–Crippen MR) is 196 cm³/mol.